The first kappa shape index (κ1) is 17.0. The first-order valence-electron chi connectivity index (χ1n) is 7.31. The summed E-state index contributed by atoms with van der Waals surface area (Å²) in [6.07, 6.45) is 2.01. The summed E-state index contributed by atoms with van der Waals surface area (Å²) in [5.74, 6) is -0.386. The molecular weight excluding hydrogens is 312 g/mol. The minimum Gasteiger partial charge on any atom is -0.325 e. The molecule has 0 bridgehead atoms. The van der Waals surface area contributed by atoms with Gasteiger partial charge in [-0.3, -0.25) is 9.10 Å². The van der Waals surface area contributed by atoms with Crippen LogP contribution in [0.2, 0.25) is 0 Å². The zero-order chi connectivity index (χ0) is 16.9. The molecule has 2 rings (SSSR count). The lowest BCUT2D eigenvalue weighted by atomic mass is 10.1. The van der Waals surface area contributed by atoms with Gasteiger partial charge in [-0.05, 0) is 36.2 Å². The number of benzene rings is 2. The fraction of sp³-hybridized carbons (Fsp3) is 0.235. The van der Waals surface area contributed by atoms with Gasteiger partial charge in [0.15, 0.2) is 0 Å². The van der Waals surface area contributed by atoms with E-state index in [1.54, 1.807) is 30.3 Å². The van der Waals surface area contributed by atoms with Gasteiger partial charge >= 0.3 is 0 Å². The van der Waals surface area contributed by atoms with E-state index in [1.165, 1.54) is 5.56 Å². The molecule has 1 N–H and O–H groups in total. The van der Waals surface area contributed by atoms with Gasteiger partial charge in [0.05, 0.1) is 11.9 Å². The second-order valence-electron chi connectivity index (χ2n) is 5.20. The van der Waals surface area contributed by atoms with Crippen LogP contribution in [-0.2, 0) is 21.2 Å². The molecule has 0 spiro atoms. The van der Waals surface area contributed by atoms with E-state index in [-0.39, 0.29) is 12.5 Å². The average molecular weight is 332 g/mol. The van der Waals surface area contributed by atoms with Gasteiger partial charge in [-0.2, -0.15) is 0 Å². The summed E-state index contributed by atoms with van der Waals surface area (Å²) in [4.78, 5) is 12.2. The summed E-state index contributed by atoms with van der Waals surface area (Å²) in [6.45, 7) is 1.79. The van der Waals surface area contributed by atoms with Crippen LogP contribution in [0.15, 0.2) is 54.6 Å². The van der Waals surface area contributed by atoms with Crippen molar-refractivity contribution in [2.24, 2.45) is 0 Å². The molecule has 0 aliphatic carbocycles. The molecule has 0 fully saturated rings. The number of carbonyl (C=O) groups is 1. The van der Waals surface area contributed by atoms with Gasteiger partial charge in [0.25, 0.3) is 0 Å². The Labute approximate surface area is 137 Å². The average Bonchev–Trinajstić information content (AvgIpc) is 2.53. The highest BCUT2D eigenvalue weighted by Crippen LogP contribution is 2.17. The number of rotatable bonds is 6. The molecule has 2 aromatic carbocycles. The molecular formula is C17H20N2O3S. The molecule has 0 aromatic heterocycles. The van der Waals surface area contributed by atoms with Crippen molar-refractivity contribution in [1.29, 1.82) is 0 Å². The van der Waals surface area contributed by atoms with Crippen LogP contribution in [0.4, 0.5) is 11.4 Å². The second-order valence-corrected chi connectivity index (χ2v) is 7.11. The summed E-state index contributed by atoms with van der Waals surface area (Å²) in [5.41, 5.74) is 2.28. The van der Waals surface area contributed by atoms with E-state index >= 15 is 0 Å². The number of aryl methyl sites for hydroxylation is 1. The largest absolute Gasteiger partial charge is 0.325 e. The maximum atomic E-state index is 12.2. The van der Waals surface area contributed by atoms with Crippen LogP contribution in [0, 0.1) is 0 Å². The third-order valence-corrected chi connectivity index (χ3v) is 4.52. The van der Waals surface area contributed by atoms with Crippen molar-refractivity contribution < 1.29 is 13.2 Å². The molecule has 1 amide bonds. The quantitative estimate of drug-likeness (QED) is 0.884. The fourth-order valence-corrected chi connectivity index (χ4v) is 3.01. The van der Waals surface area contributed by atoms with Crippen LogP contribution < -0.4 is 9.62 Å². The highest BCUT2D eigenvalue weighted by atomic mass is 32.2. The van der Waals surface area contributed by atoms with Crippen LogP contribution in [0.25, 0.3) is 0 Å². The van der Waals surface area contributed by atoms with Crippen LogP contribution in [0.1, 0.15) is 12.5 Å². The smallest absolute Gasteiger partial charge is 0.245 e. The number of hydrogen-bond donors (Lipinski definition) is 1. The molecule has 2 aromatic rings. The summed E-state index contributed by atoms with van der Waals surface area (Å²) in [6, 6.07) is 16.0. The van der Waals surface area contributed by atoms with Crippen LogP contribution in [-0.4, -0.2) is 27.1 Å². The lowest BCUT2D eigenvalue weighted by Gasteiger charge is -2.21. The standard InChI is InChI=1S/C17H20N2O3S/c1-3-14-9-11-15(12-10-14)18-17(20)13-19(23(2,21)22)16-7-5-4-6-8-16/h4-12H,3,13H2,1-2H3,(H,18,20). The number of hydrogen-bond acceptors (Lipinski definition) is 3. The summed E-state index contributed by atoms with van der Waals surface area (Å²) < 4.78 is 25.0. The van der Waals surface area contributed by atoms with Gasteiger partial charge < -0.3 is 5.32 Å². The molecule has 0 radical (unpaired) electrons. The van der Waals surface area contributed by atoms with Gasteiger partial charge in [-0.25, -0.2) is 8.42 Å². The normalized spacial score (nSPS) is 11.0. The highest BCUT2D eigenvalue weighted by molar-refractivity contribution is 7.92. The van der Waals surface area contributed by atoms with E-state index in [9.17, 15) is 13.2 Å². The fourth-order valence-electron chi connectivity index (χ4n) is 2.15. The monoisotopic (exact) mass is 332 g/mol. The number of amides is 1. The Morgan fingerprint density at radius 1 is 1.04 bits per heavy atom. The molecule has 0 saturated heterocycles. The first-order valence-corrected chi connectivity index (χ1v) is 9.16. The molecule has 0 atom stereocenters. The van der Waals surface area contributed by atoms with Gasteiger partial charge in [0.2, 0.25) is 15.9 Å². The molecule has 0 unspecified atom stereocenters. The van der Waals surface area contributed by atoms with E-state index in [0.29, 0.717) is 11.4 Å². The van der Waals surface area contributed by atoms with Crippen molar-refractivity contribution in [2.45, 2.75) is 13.3 Å². The van der Waals surface area contributed by atoms with Gasteiger partial charge in [-0.1, -0.05) is 37.3 Å². The van der Waals surface area contributed by atoms with Crippen LogP contribution in [0.5, 0.6) is 0 Å². The second kappa shape index (κ2) is 7.28. The molecule has 122 valence electrons. The SMILES string of the molecule is CCc1ccc(NC(=O)CN(c2ccccc2)S(C)(=O)=O)cc1. The molecule has 23 heavy (non-hydrogen) atoms. The Kier molecular flexibility index (Phi) is 5.39. The zero-order valence-corrected chi connectivity index (χ0v) is 14.0. The van der Waals surface area contributed by atoms with Crippen molar-refractivity contribution in [3.05, 3.63) is 60.2 Å². The van der Waals surface area contributed by atoms with Crippen LogP contribution >= 0.6 is 0 Å². The molecule has 0 saturated carbocycles. The lowest BCUT2D eigenvalue weighted by Crippen LogP contribution is -2.37. The van der Waals surface area contributed by atoms with Gasteiger partial charge in [-0.15, -0.1) is 0 Å². The van der Waals surface area contributed by atoms with Crippen molar-refractivity contribution in [2.75, 3.05) is 22.4 Å². The molecule has 0 heterocycles. The van der Waals surface area contributed by atoms with Crippen molar-refractivity contribution in [1.82, 2.24) is 0 Å². The third-order valence-electron chi connectivity index (χ3n) is 3.38. The summed E-state index contributed by atoms with van der Waals surface area (Å²) in [7, 11) is -3.54. The Morgan fingerprint density at radius 3 is 2.17 bits per heavy atom. The summed E-state index contributed by atoms with van der Waals surface area (Å²) >= 11 is 0. The lowest BCUT2D eigenvalue weighted by molar-refractivity contribution is -0.114. The zero-order valence-electron chi connectivity index (χ0n) is 13.2. The number of nitrogens with zero attached hydrogens (tertiary/aromatic N) is 1. The van der Waals surface area contributed by atoms with E-state index in [2.05, 4.69) is 12.2 Å². The van der Waals surface area contributed by atoms with Crippen LogP contribution in [0.3, 0.4) is 0 Å². The Morgan fingerprint density at radius 2 is 1.65 bits per heavy atom. The minimum absolute atomic E-state index is 0.266. The molecule has 6 heteroatoms. The maximum absolute atomic E-state index is 12.2. The summed E-state index contributed by atoms with van der Waals surface area (Å²) in [5, 5.41) is 2.72. The molecule has 5 nitrogen and oxygen atoms in total. The van der Waals surface area contributed by atoms with Gasteiger partial charge in [0.1, 0.15) is 6.54 Å². The predicted octanol–water partition coefficient (Wildman–Crippen LogP) is 2.65. The minimum atomic E-state index is -3.54. The van der Waals surface area contributed by atoms with E-state index < -0.39 is 10.0 Å². The number of nitrogens with one attached hydrogen (secondary N) is 1. The van der Waals surface area contributed by atoms with Crippen molar-refractivity contribution in [3.63, 3.8) is 0 Å². The number of anilines is 2. The predicted molar refractivity (Wildman–Crippen MR) is 93.1 cm³/mol. The molecule has 0 aliphatic rings. The number of para-hydroxylation sites is 1. The topological polar surface area (TPSA) is 66.5 Å². The van der Waals surface area contributed by atoms with E-state index in [4.69, 9.17) is 0 Å². The van der Waals surface area contributed by atoms with Gasteiger partial charge in [0, 0.05) is 5.69 Å². The Bertz CT molecular complexity index is 756. The van der Waals surface area contributed by atoms with Crippen molar-refractivity contribution >= 4 is 27.3 Å². The number of sulfonamides is 1. The third kappa shape index (κ3) is 4.82. The van der Waals surface area contributed by atoms with E-state index in [0.717, 1.165) is 17.0 Å². The first-order chi connectivity index (χ1) is 10.9. The highest BCUT2D eigenvalue weighted by Gasteiger charge is 2.20. The van der Waals surface area contributed by atoms with E-state index in [1.807, 2.05) is 24.3 Å². The molecule has 0 aliphatic heterocycles. The number of carbonyl (C=O) groups excluding carboxylic acids is 1. The Balaban J connectivity index is 2.11. The maximum Gasteiger partial charge on any atom is 0.245 e. The Hall–Kier alpha value is -2.34. The van der Waals surface area contributed by atoms with Crippen molar-refractivity contribution in [3.8, 4) is 0 Å².